The Morgan fingerprint density at radius 2 is 2.42 bits per heavy atom. The van der Waals surface area contributed by atoms with Gasteiger partial charge in [0.1, 0.15) is 5.69 Å². The van der Waals surface area contributed by atoms with Gasteiger partial charge >= 0.3 is 0 Å². The first kappa shape index (κ1) is 12.4. The van der Waals surface area contributed by atoms with Crippen molar-refractivity contribution in [1.29, 1.82) is 0 Å². The van der Waals surface area contributed by atoms with Crippen molar-refractivity contribution in [3.05, 3.63) is 45.7 Å². The van der Waals surface area contributed by atoms with E-state index in [2.05, 4.69) is 16.0 Å². The molecule has 19 heavy (non-hydrogen) atoms. The molecule has 0 radical (unpaired) electrons. The van der Waals surface area contributed by atoms with Crippen LogP contribution in [0, 0.1) is 0 Å². The highest BCUT2D eigenvalue weighted by atomic mass is 32.1. The van der Waals surface area contributed by atoms with Crippen LogP contribution in [0.4, 0.5) is 0 Å². The van der Waals surface area contributed by atoms with E-state index in [1.165, 1.54) is 16.9 Å². The number of nitrogens with two attached hydrogens (primary N) is 1. The molecule has 1 aliphatic rings. The Balaban J connectivity index is 1.85. The molecule has 2 N–H and O–H groups in total. The summed E-state index contributed by atoms with van der Waals surface area (Å²) in [6.45, 7) is 0.564. The van der Waals surface area contributed by atoms with Crippen LogP contribution in [0.1, 0.15) is 39.1 Å². The molecule has 2 aromatic heterocycles. The molecule has 1 unspecified atom stereocenters. The van der Waals surface area contributed by atoms with E-state index in [1.54, 1.807) is 6.20 Å². The van der Waals surface area contributed by atoms with Gasteiger partial charge in [0.2, 0.25) is 0 Å². The smallest absolute Gasteiger partial charge is 0.191 e. The van der Waals surface area contributed by atoms with Crippen molar-refractivity contribution in [3.8, 4) is 0 Å². The summed E-state index contributed by atoms with van der Waals surface area (Å²) >= 11 is 1.51. The number of carbonyl (C=O) groups excluding carboxylic acids is 1. The maximum absolute atomic E-state index is 12.5. The van der Waals surface area contributed by atoms with Gasteiger partial charge in [-0.2, -0.15) is 0 Å². The molecule has 0 bridgehead atoms. The van der Waals surface area contributed by atoms with E-state index >= 15 is 0 Å². The zero-order valence-corrected chi connectivity index (χ0v) is 11.3. The molecule has 5 heteroatoms. The predicted molar refractivity (Wildman–Crippen MR) is 74.5 cm³/mol. The van der Waals surface area contributed by atoms with E-state index in [9.17, 15) is 4.79 Å². The molecule has 0 saturated carbocycles. The molecule has 0 spiro atoms. The first-order valence-corrected chi connectivity index (χ1v) is 7.30. The maximum Gasteiger partial charge on any atom is 0.191 e. The highest BCUT2D eigenvalue weighted by Crippen LogP contribution is 2.33. The van der Waals surface area contributed by atoms with Crippen LogP contribution >= 0.6 is 11.3 Å². The van der Waals surface area contributed by atoms with Crippen LogP contribution in [0.2, 0.25) is 0 Å². The highest BCUT2D eigenvalue weighted by Gasteiger charge is 2.31. The minimum Gasteiger partial charge on any atom is -0.330 e. The molecule has 1 aliphatic carbocycles. The van der Waals surface area contributed by atoms with Gasteiger partial charge in [-0.3, -0.25) is 9.78 Å². The minimum atomic E-state index is -0.121. The number of hydrogen-bond acceptors (Lipinski definition) is 5. The fourth-order valence-corrected chi connectivity index (χ4v) is 3.31. The fourth-order valence-electron chi connectivity index (χ4n) is 2.51. The van der Waals surface area contributed by atoms with Gasteiger partial charge in [-0.05, 0) is 31.0 Å². The number of aryl methyl sites for hydroxylation is 1. The van der Waals surface area contributed by atoms with Crippen molar-refractivity contribution in [2.24, 2.45) is 5.73 Å². The van der Waals surface area contributed by atoms with E-state index in [-0.39, 0.29) is 11.7 Å². The van der Waals surface area contributed by atoms with E-state index in [0.717, 1.165) is 30.0 Å². The fraction of sp³-hybridized carbons (Fsp3) is 0.357. The molecule has 98 valence electrons. The topological polar surface area (TPSA) is 68.9 Å². The monoisotopic (exact) mass is 273 g/mol. The highest BCUT2D eigenvalue weighted by molar-refractivity contribution is 7.09. The second-order valence-electron chi connectivity index (χ2n) is 4.67. The lowest BCUT2D eigenvalue weighted by Crippen LogP contribution is -2.12. The Labute approximate surface area is 115 Å². The number of fused-ring (bicyclic) bond motifs is 1. The Morgan fingerprint density at radius 1 is 1.53 bits per heavy atom. The zero-order valence-electron chi connectivity index (χ0n) is 10.5. The van der Waals surface area contributed by atoms with Gasteiger partial charge < -0.3 is 5.73 Å². The van der Waals surface area contributed by atoms with Crippen LogP contribution < -0.4 is 5.73 Å². The van der Waals surface area contributed by atoms with Gasteiger partial charge in [0, 0.05) is 18.0 Å². The molecule has 0 amide bonds. The third-order valence-corrected chi connectivity index (χ3v) is 4.35. The van der Waals surface area contributed by atoms with Gasteiger partial charge in [0.15, 0.2) is 5.78 Å². The van der Waals surface area contributed by atoms with Gasteiger partial charge in [-0.15, -0.1) is 11.3 Å². The van der Waals surface area contributed by atoms with Crippen LogP contribution in [0.5, 0.6) is 0 Å². The summed E-state index contributed by atoms with van der Waals surface area (Å²) in [7, 11) is 0. The third kappa shape index (κ3) is 2.31. The van der Waals surface area contributed by atoms with Gasteiger partial charge in [-0.1, -0.05) is 6.07 Å². The maximum atomic E-state index is 12.5. The summed E-state index contributed by atoms with van der Waals surface area (Å²) in [6, 6.07) is 3.98. The van der Waals surface area contributed by atoms with Crippen LogP contribution in [0.15, 0.2) is 23.7 Å². The molecule has 4 nitrogen and oxygen atoms in total. The third-order valence-electron chi connectivity index (χ3n) is 3.44. The second-order valence-corrected chi connectivity index (χ2v) is 5.61. The number of hydrogen-bond donors (Lipinski definition) is 1. The molecule has 0 aliphatic heterocycles. The standard InChI is InChI=1S/C14H15N3OS/c15-6-5-12-17-11(8-19-12)14(18)10-4-3-9-2-1-7-16-13(9)10/h1-2,7-8,10H,3-6,15H2. The van der Waals surface area contributed by atoms with E-state index in [0.29, 0.717) is 12.2 Å². The Hall–Kier alpha value is -1.59. The SMILES string of the molecule is NCCc1nc(C(=O)C2CCc3cccnc32)cs1. The van der Waals surface area contributed by atoms with Crippen molar-refractivity contribution < 1.29 is 4.79 Å². The average molecular weight is 273 g/mol. The predicted octanol–water partition coefficient (Wildman–Crippen LogP) is 1.95. The summed E-state index contributed by atoms with van der Waals surface area (Å²) in [5.74, 6) is -0.0269. The van der Waals surface area contributed by atoms with Crippen molar-refractivity contribution >= 4 is 17.1 Å². The quantitative estimate of drug-likeness (QED) is 0.864. The average Bonchev–Trinajstić information content (AvgIpc) is 3.05. The Morgan fingerprint density at radius 3 is 3.26 bits per heavy atom. The van der Waals surface area contributed by atoms with E-state index < -0.39 is 0 Å². The number of thiazole rings is 1. The van der Waals surface area contributed by atoms with Crippen LogP contribution in [-0.4, -0.2) is 22.3 Å². The van der Waals surface area contributed by atoms with E-state index in [4.69, 9.17) is 5.73 Å². The van der Waals surface area contributed by atoms with Crippen molar-refractivity contribution in [1.82, 2.24) is 9.97 Å². The molecule has 3 rings (SSSR count). The summed E-state index contributed by atoms with van der Waals surface area (Å²) in [5, 5.41) is 2.78. The lowest BCUT2D eigenvalue weighted by atomic mass is 9.99. The molecule has 1 atom stereocenters. The largest absolute Gasteiger partial charge is 0.330 e. The second kappa shape index (κ2) is 5.19. The lowest BCUT2D eigenvalue weighted by molar-refractivity contribution is 0.0953. The molecule has 0 aromatic carbocycles. The van der Waals surface area contributed by atoms with Crippen molar-refractivity contribution in [2.75, 3.05) is 6.54 Å². The molecule has 0 fully saturated rings. The molecular weight excluding hydrogens is 258 g/mol. The lowest BCUT2D eigenvalue weighted by Gasteiger charge is -2.07. The number of rotatable bonds is 4. The Kier molecular flexibility index (Phi) is 3.40. The van der Waals surface area contributed by atoms with Gasteiger partial charge in [-0.25, -0.2) is 4.98 Å². The number of Topliss-reactive ketones (excluding diaryl/α,β-unsaturated/α-hetero) is 1. The van der Waals surface area contributed by atoms with Crippen molar-refractivity contribution in [2.45, 2.75) is 25.2 Å². The van der Waals surface area contributed by atoms with Crippen LogP contribution in [0.25, 0.3) is 0 Å². The molecule has 0 saturated heterocycles. The zero-order chi connectivity index (χ0) is 13.2. The summed E-state index contributed by atoms with van der Waals surface area (Å²) in [4.78, 5) is 21.2. The number of aromatic nitrogens is 2. The number of pyridine rings is 1. The van der Waals surface area contributed by atoms with E-state index in [1.807, 2.05) is 11.4 Å². The minimum absolute atomic E-state index is 0.0944. The molecular formula is C14H15N3OS. The number of nitrogens with zero attached hydrogens (tertiary/aromatic N) is 2. The normalized spacial score (nSPS) is 17.4. The summed E-state index contributed by atoms with van der Waals surface area (Å²) in [6.07, 6.45) is 4.26. The van der Waals surface area contributed by atoms with Crippen LogP contribution in [0.3, 0.4) is 0 Å². The summed E-state index contributed by atoms with van der Waals surface area (Å²) in [5.41, 5.74) is 8.19. The van der Waals surface area contributed by atoms with Gasteiger partial charge in [0.25, 0.3) is 0 Å². The molecule has 2 heterocycles. The van der Waals surface area contributed by atoms with Gasteiger partial charge in [0.05, 0.1) is 16.6 Å². The molecule has 2 aromatic rings. The number of ketones is 1. The van der Waals surface area contributed by atoms with Crippen LogP contribution in [-0.2, 0) is 12.8 Å². The number of carbonyl (C=O) groups is 1. The van der Waals surface area contributed by atoms with Crippen molar-refractivity contribution in [3.63, 3.8) is 0 Å². The first-order valence-electron chi connectivity index (χ1n) is 6.42. The summed E-state index contributed by atoms with van der Waals surface area (Å²) < 4.78 is 0. The first-order chi connectivity index (χ1) is 9.29. The Bertz CT molecular complexity index is 608.